The number of methoxy groups -OCH3 is 1. The summed E-state index contributed by atoms with van der Waals surface area (Å²) in [5, 5.41) is 0.679. The Balaban J connectivity index is 1.79. The van der Waals surface area contributed by atoms with E-state index in [0.717, 1.165) is 26.9 Å². The van der Waals surface area contributed by atoms with Crippen LogP contribution in [0.15, 0.2) is 64.1 Å². The molecule has 0 heterocycles. The van der Waals surface area contributed by atoms with E-state index in [0.29, 0.717) is 23.1 Å². The van der Waals surface area contributed by atoms with Crippen molar-refractivity contribution in [1.82, 2.24) is 0 Å². The molecule has 0 bridgehead atoms. The number of ether oxygens (including phenoxy) is 2. The highest BCUT2D eigenvalue weighted by molar-refractivity contribution is 9.10. The van der Waals surface area contributed by atoms with Gasteiger partial charge in [-0.25, -0.2) is 4.39 Å². The van der Waals surface area contributed by atoms with Gasteiger partial charge >= 0.3 is 0 Å². The van der Waals surface area contributed by atoms with E-state index in [1.165, 1.54) is 12.1 Å². The second-order valence-electron chi connectivity index (χ2n) is 6.14. The molecule has 6 heteroatoms. The molecular formula is C22H18BrClFNO2. The van der Waals surface area contributed by atoms with Crippen LogP contribution in [0.2, 0.25) is 5.02 Å². The fourth-order valence-electron chi connectivity index (χ4n) is 2.50. The van der Waals surface area contributed by atoms with Gasteiger partial charge in [-0.1, -0.05) is 29.8 Å². The lowest BCUT2D eigenvalue weighted by Gasteiger charge is -2.13. The molecule has 3 rings (SSSR count). The maximum atomic E-state index is 13.0. The van der Waals surface area contributed by atoms with E-state index >= 15 is 0 Å². The van der Waals surface area contributed by atoms with Crippen molar-refractivity contribution in [3.05, 3.63) is 86.6 Å². The molecule has 0 radical (unpaired) electrons. The molecule has 0 aliphatic rings. The number of benzene rings is 3. The van der Waals surface area contributed by atoms with E-state index in [9.17, 15) is 4.39 Å². The molecule has 0 saturated heterocycles. The normalized spacial score (nSPS) is 11.0. The quantitative estimate of drug-likeness (QED) is 0.374. The summed E-state index contributed by atoms with van der Waals surface area (Å²) in [5.74, 6) is 0.864. The summed E-state index contributed by atoms with van der Waals surface area (Å²) in [7, 11) is 1.58. The highest BCUT2D eigenvalue weighted by Crippen LogP contribution is 2.37. The average molecular weight is 463 g/mol. The molecule has 0 N–H and O–H groups in total. The third kappa shape index (κ3) is 5.12. The molecule has 0 aliphatic heterocycles. The molecule has 0 aliphatic carbocycles. The Morgan fingerprint density at radius 2 is 1.86 bits per heavy atom. The van der Waals surface area contributed by atoms with Crippen LogP contribution in [0.1, 0.15) is 16.7 Å². The molecule has 3 aromatic rings. The zero-order valence-corrected chi connectivity index (χ0v) is 17.7. The van der Waals surface area contributed by atoms with Gasteiger partial charge in [0.2, 0.25) is 0 Å². The Morgan fingerprint density at radius 3 is 2.54 bits per heavy atom. The molecule has 0 unspecified atom stereocenters. The third-order valence-corrected chi connectivity index (χ3v) is 5.06. The Hall–Kier alpha value is -2.37. The zero-order valence-electron chi connectivity index (χ0n) is 15.4. The van der Waals surface area contributed by atoms with Crippen molar-refractivity contribution in [2.75, 3.05) is 7.11 Å². The Labute approximate surface area is 176 Å². The summed E-state index contributed by atoms with van der Waals surface area (Å²) in [6.45, 7) is 2.24. The standard InChI is InChI=1S/C22H18BrClFNO2/c1-14-3-8-18(11-20(14)24)26-12-16-9-19(23)22(21(10-16)27-2)28-13-15-4-6-17(25)7-5-15/h3-12H,13H2,1-2H3. The van der Waals surface area contributed by atoms with Crippen molar-refractivity contribution in [2.45, 2.75) is 13.5 Å². The van der Waals surface area contributed by atoms with Gasteiger partial charge in [-0.3, -0.25) is 4.99 Å². The summed E-state index contributed by atoms with van der Waals surface area (Å²) in [4.78, 5) is 4.46. The minimum atomic E-state index is -0.277. The van der Waals surface area contributed by atoms with Crippen molar-refractivity contribution in [2.24, 2.45) is 4.99 Å². The first-order valence-electron chi connectivity index (χ1n) is 8.51. The number of hydrogen-bond acceptors (Lipinski definition) is 3. The highest BCUT2D eigenvalue weighted by atomic mass is 79.9. The van der Waals surface area contributed by atoms with Crippen LogP contribution in [0.25, 0.3) is 0 Å². The lowest BCUT2D eigenvalue weighted by Crippen LogP contribution is -1.99. The zero-order chi connectivity index (χ0) is 20.1. The predicted molar refractivity (Wildman–Crippen MR) is 115 cm³/mol. The minimum absolute atomic E-state index is 0.277. The molecule has 0 saturated carbocycles. The minimum Gasteiger partial charge on any atom is -0.493 e. The van der Waals surface area contributed by atoms with Gasteiger partial charge < -0.3 is 9.47 Å². The SMILES string of the molecule is COc1cc(C=Nc2ccc(C)c(Cl)c2)cc(Br)c1OCc1ccc(F)cc1. The van der Waals surface area contributed by atoms with Crippen molar-refractivity contribution < 1.29 is 13.9 Å². The van der Waals surface area contributed by atoms with E-state index in [1.807, 2.05) is 37.3 Å². The van der Waals surface area contributed by atoms with Gasteiger partial charge in [0.05, 0.1) is 17.3 Å². The van der Waals surface area contributed by atoms with Crippen molar-refractivity contribution in [3.63, 3.8) is 0 Å². The maximum Gasteiger partial charge on any atom is 0.175 e. The second kappa shape index (κ2) is 9.22. The smallest absolute Gasteiger partial charge is 0.175 e. The largest absolute Gasteiger partial charge is 0.493 e. The van der Waals surface area contributed by atoms with E-state index in [4.69, 9.17) is 21.1 Å². The topological polar surface area (TPSA) is 30.8 Å². The summed E-state index contributed by atoms with van der Waals surface area (Å²) < 4.78 is 25.1. The van der Waals surface area contributed by atoms with E-state index in [-0.39, 0.29) is 5.82 Å². The van der Waals surface area contributed by atoms with Gasteiger partial charge in [0, 0.05) is 11.2 Å². The van der Waals surface area contributed by atoms with Gasteiger partial charge in [0.25, 0.3) is 0 Å². The number of aliphatic imine (C=N–C) groups is 1. The van der Waals surface area contributed by atoms with E-state index in [1.54, 1.807) is 25.5 Å². The lowest BCUT2D eigenvalue weighted by molar-refractivity contribution is 0.282. The van der Waals surface area contributed by atoms with Crippen LogP contribution >= 0.6 is 27.5 Å². The molecule has 144 valence electrons. The predicted octanol–water partition coefficient (Wildman–Crippen LogP) is 6.89. The van der Waals surface area contributed by atoms with Crippen LogP contribution in [-0.4, -0.2) is 13.3 Å². The molecule has 3 aromatic carbocycles. The van der Waals surface area contributed by atoms with Gasteiger partial charge in [0.1, 0.15) is 12.4 Å². The van der Waals surface area contributed by atoms with Crippen LogP contribution in [0, 0.1) is 12.7 Å². The fraction of sp³-hybridized carbons (Fsp3) is 0.136. The maximum absolute atomic E-state index is 13.0. The monoisotopic (exact) mass is 461 g/mol. The molecule has 28 heavy (non-hydrogen) atoms. The van der Waals surface area contributed by atoms with Gasteiger partial charge in [-0.15, -0.1) is 0 Å². The van der Waals surface area contributed by atoms with Gasteiger partial charge in [0.15, 0.2) is 11.5 Å². The van der Waals surface area contributed by atoms with E-state index < -0.39 is 0 Å². The molecule has 0 atom stereocenters. The summed E-state index contributed by atoms with van der Waals surface area (Å²) in [5.41, 5.74) is 3.47. The van der Waals surface area contributed by atoms with Crippen molar-refractivity contribution in [1.29, 1.82) is 0 Å². The van der Waals surface area contributed by atoms with Gasteiger partial charge in [-0.05, 0) is 75.9 Å². The number of hydrogen-bond donors (Lipinski definition) is 0. The molecule has 0 amide bonds. The van der Waals surface area contributed by atoms with Crippen LogP contribution < -0.4 is 9.47 Å². The van der Waals surface area contributed by atoms with Crippen LogP contribution in [0.3, 0.4) is 0 Å². The number of rotatable bonds is 6. The number of aryl methyl sites for hydroxylation is 1. The van der Waals surface area contributed by atoms with Crippen molar-refractivity contribution in [3.8, 4) is 11.5 Å². The average Bonchev–Trinajstić information content (AvgIpc) is 2.69. The third-order valence-electron chi connectivity index (χ3n) is 4.07. The number of nitrogens with zero attached hydrogens (tertiary/aromatic N) is 1. The summed E-state index contributed by atoms with van der Waals surface area (Å²) in [6, 6.07) is 15.6. The van der Waals surface area contributed by atoms with E-state index in [2.05, 4.69) is 20.9 Å². The van der Waals surface area contributed by atoms with Crippen molar-refractivity contribution >= 4 is 39.4 Å². The molecule has 3 nitrogen and oxygen atoms in total. The molecule has 0 spiro atoms. The lowest BCUT2D eigenvalue weighted by atomic mass is 10.2. The van der Waals surface area contributed by atoms with Crippen LogP contribution in [-0.2, 0) is 6.61 Å². The van der Waals surface area contributed by atoms with Crippen LogP contribution in [0.4, 0.5) is 10.1 Å². The highest BCUT2D eigenvalue weighted by Gasteiger charge is 2.11. The fourth-order valence-corrected chi connectivity index (χ4v) is 3.25. The first-order chi connectivity index (χ1) is 13.5. The molecule has 0 fully saturated rings. The molecular weight excluding hydrogens is 445 g/mol. The number of halogens is 3. The first-order valence-corrected chi connectivity index (χ1v) is 9.68. The molecule has 0 aromatic heterocycles. The Kier molecular flexibility index (Phi) is 6.70. The first kappa shape index (κ1) is 20.4. The van der Waals surface area contributed by atoms with Crippen LogP contribution in [0.5, 0.6) is 11.5 Å². The second-order valence-corrected chi connectivity index (χ2v) is 7.40. The van der Waals surface area contributed by atoms with Gasteiger partial charge in [-0.2, -0.15) is 0 Å². The summed E-state index contributed by atoms with van der Waals surface area (Å²) >= 11 is 9.67. The summed E-state index contributed by atoms with van der Waals surface area (Å²) in [6.07, 6.45) is 1.73. The Bertz CT molecular complexity index is 1010. The Morgan fingerprint density at radius 1 is 1.11 bits per heavy atom.